The molecular weight excluding hydrogens is 426 g/mol. The van der Waals surface area contributed by atoms with Gasteiger partial charge in [0.25, 0.3) is 15.6 Å². The van der Waals surface area contributed by atoms with Crippen LogP contribution in [0.4, 0.5) is 5.69 Å². The summed E-state index contributed by atoms with van der Waals surface area (Å²) >= 11 is 0. The second-order valence-corrected chi connectivity index (χ2v) is 9.64. The molecule has 0 aliphatic heterocycles. The Labute approximate surface area is 188 Å². The Kier molecular flexibility index (Phi) is 6.06. The zero-order valence-electron chi connectivity index (χ0n) is 18.5. The summed E-state index contributed by atoms with van der Waals surface area (Å²) in [7, 11) is -2.19. The first-order chi connectivity index (χ1) is 15.3. The maximum absolute atomic E-state index is 13.2. The van der Waals surface area contributed by atoms with Gasteiger partial charge in [-0.3, -0.25) is 9.52 Å². The van der Waals surface area contributed by atoms with Crippen LogP contribution in [0.25, 0.3) is 11.3 Å². The van der Waals surface area contributed by atoms with Crippen LogP contribution in [0.3, 0.4) is 0 Å². The summed E-state index contributed by atoms with van der Waals surface area (Å²) in [4.78, 5) is 12.7. The quantitative estimate of drug-likeness (QED) is 0.613. The van der Waals surface area contributed by atoms with Crippen molar-refractivity contribution in [1.29, 1.82) is 0 Å². The summed E-state index contributed by atoms with van der Waals surface area (Å²) in [5.41, 5.74) is 4.12. The number of fused-ring (bicyclic) bond motifs is 1. The molecule has 0 saturated carbocycles. The normalized spacial score (nSPS) is 13.5. The molecule has 0 radical (unpaired) electrons. The Morgan fingerprint density at radius 3 is 2.44 bits per heavy atom. The fourth-order valence-electron chi connectivity index (χ4n) is 4.12. The topological polar surface area (TPSA) is 90.3 Å². The van der Waals surface area contributed by atoms with Gasteiger partial charge in [0.05, 0.1) is 17.2 Å². The van der Waals surface area contributed by atoms with E-state index in [4.69, 9.17) is 4.74 Å². The number of anilines is 1. The average Bonchev–Trinajstić information content (AvgIpc) is 2.78. The monoisotopic (exact) mass is 453 g/mol. The van der Waals surface area contributed by atoms with Gasteiger partial charge in [0.15, 0.2) is 0 Å². The number of benzene rings is 2. The molecule has 0 saturated heterocycles. The van der Waals surface area contributed by atoms with E-state index in [9.17, 15) is 13.2 Å². The Morgan fingerprint density at radius 1 is 1.06 bits per heavy atom. The van der Waals surface area contributed by atoms with Crippen molar-refractivity contribution in [2.75, 3.05) is 11.3 Å². The molecule has 8 heteroatoms. The van der Waals surface area contributed by atoms with Crippen LogP contribution in [0.15, 0.2) is 52.2 Å². The van der Waals surface area contributed by atoms with Gasteiger partial charge in [-0.05, 0) is 81.0 Å². The third-order valence-corrected chi connectivity index (χ3v) is 7.25. The summed E-state index contributed by atoms with van der Waals surface area (Å²) in [6.45, 7) is 4.20. The highest BCUT2D eigenvalue weighted by Crippen LogP contribution is 2.31. The van der Waals surface area contributed by atoms with Crippen LogP contribution >= 0.6 is 0 Å². The summed E-state index contributed by atoms with van der Waals surface area (Å²) in [6, 6.07) is 12.1. The fourth-order valence-corrected chi connectivity index (χ4v) is 5.45. The maximum Gasteiger partial charge on any atom is 0.269 e. The zero-order valence-corrected chi connectivity index (χ0v) is 19.3. The molecule has 0 atom stereocenters. The van der Waals surface area contributed by atoms with Crippen molar-refractivity contribution >= 4 is 15.7 Å². The molecule has 32 heavy (non-hydrogen) atoms. The smallest absolute Gasteiger partial charge is 0.269 e. The van der Waals surface area contributed by atoms with Crippen LogP contribution in [-0.2, 0) is 29.9 Å². The fraction of sp³-hybridized carbons (Fsp3) is 0.333. The maximum atomic E-state index is 13.2. The van der Waals surface area contributed by atoms with Gasteiger partial charge < -0.3 is 4.74 Å². The molecule has 0 amide bonds. The molecule has 1 aromatic heterocycles. The van der Waals surface area contributed by atoms with Crippen LogP contribution in [0, 0.1) is 6.92 Å². The summed E-state index contributed by atoms with van der Waals surface area (Å²) in [5, 5.41) is 4.50. The second kappa shape index (κ2) is 8.78. The standard InChI is InChI=1S/C24H27N3O4S/c1-4-31-19-13-11-18(12-14-19)26-32(29,30)22-15-17(10-9-16(22)2)23-20-7-5-6-8-21(20)24(28)27(3)25-23/h9-15,26H,4-8H2,1-3H3. The van der Waals surface area contributed by atoms with E-state index in [1.54, 1.807) is 50.4 Å². The Balaban J connectivity index is 1.73. The molecule has 1 N–H and O–H groups in total. The highest BCUT2D eigenvalue weighted by molar-refractivity contribution is 7.92. The van der Waals surface area contributed by atoms with Crippen LogP contribution < -0.4 is 15.0 Å². The third kappa shape index (κ3) is 4.27. The predicted octanol–water partition coefficient (Wildman–Crippen LogP) is 3.83. The third-order valence-electron chi connectivity index (χ3n) is 5.72. The number of hydrogen-bond acceptors (Lipinski definition) is 5. The minimum Gasteiger partial charge on any atom is -0.494 e. The van der Waals surface area contributed by atoms with E-state index in [0.717, 1.165) is 36.8 Å². The number of aryl methyl sites for hydroxylation is 2. The molecule has 0 unspecified atom stereocenters. The van der Waals surface area contributed by atoms with E-state index < -0.39 is 10.0 Å². The molecule has 4 rings (SSSR count). The summed E-state index contributed by atoms with van der Waals surface area (Å²) in [5.74, 6) is 0.680. The Morgan fingerprint density at radius 2 is 1.75 bits per heavy atom. The first-order valence-corrected chi connectivity index (χ1v) is 12.2. The van der Waals surface area contributed by atoms with Crippen LogP contribution in [0.2, 0.25) is 0 Å². The van der Waals surface area contributed by atoms with Crippen LogP contribution in [0.1, 0.15) is 36.5 Å². The van der Waals surface area contributed by atoms with E-state index in [1.165, 1.54) is 4.68 Å². The average molecular weight is 454 g/mol. The molecule has 1 aliphatic rings. The van der Waals surface area contributed by atoms with Crippen molar-refractivity contribution in [1.82, 2.24) is 9.78 Å². The molecular formula is C24H27N3O4S. The van der Waals surface area contributed by atoms with Crippen LogP contribution in [0.5, 0.6) is 5.75 Å². The van der Waals surface area contributed by atoms with E-state index in [1.807, 2.05) is 13.0 Å². The number of nitrogens with zero attached hydrogens (tertiary/aromatic N) is 2. The van der Waals surface area contributed by atoms with Gasteiger partial charge in [-0.25, -0.2) is 13.1 Å². The van der Waals surface area contributed by atoms with E-state index in [2.05, 4.69) is 9.82 Å². The highest BCUT2D eigenvalue weighted by Gasteiger charge is 2.23. The lowest BCUT2D eigenvalue weighted by Gasteiger charge is -2.20. The van der Waals surface area contributed by atoms with Crippen molar-refractivity contribution in [3.05, 3.63) is 69.5 Å². The molecule has 0 fully saturated rings. The van der Waals surface area contributed by atoms with Gasteiger partial charge in [0.1, 0.15) is 5.75 Å². The second-order valence-electron chi connectivity index (χ2n) is 7.98. The Hall–Kier alpha value is -3.13. The Bertz CT molecular complexity index is 1310. The zero-order chi connectivity index (χ0) is 22.9. The van der Waals surface area contributed by atoms with Gasteiger partial charge >= 0.3 is 0 Å². The number of sulfonamides is 1. The van der Waals surface area contributed by atoms with Crippen molar-refractivity contribution < 1.29 is 13.2 Å². The molecule has 1 heterocycles. The minimum absolute atomic E-state index is 0.0689. The summed E-state index contributed by atoms with van der Waals surface area (Å²) < 4.78 is 35.8. The number of hydrogen-bond donors (Lipinski definition) is 1. The van der Waals surface area contributed by atoms with Crippen molar-refractivity contribution in [2.45, 2.75) is 44.4 Å². The number of rotatable bonds is 6. The van der Waals surface area contributed by atoms with Gasteiger partial charge in [-0.1, -0.05) is 12.1 Å². The van der Waals surface area contributed by atoms with Crippen LogP contribution in [-0.4, -0.2) is 24.8 Å². The van der Waals surface area contributed by atoms with Gasteiger partial charge in [-0.15, -0.1) is 0 Å². The minimum atomic E-state index is -3.83. The number of ether oxygens (including phenoxy) is 1. The van der Waals surface area contributed by atoms with Crippen molar-refractivity contribution in [3.63, 3.8) is 0 Å². The van der Waals surface area contributed by atoms with Gasteiger partial charge in [-0.2, -0.15) is 5.10 Å². The van der Waals surface area contributed by atoms with Gasteiger partial charge in [0.2, 0.25) is 0 Å². The molecule has 1 aliphatic carbocycles. The van der Waals surface area contributed by atoms with E-state index in [0.29, 0.717) is 34.9 Å². The molecule has 0 spiro atoms. The first-order valence-electron chi connectivity index (χ1n) is 10.8. The number of aromatic nitrogens is 2. The molecule has 7 nitrogen and oxygen atoms in total. The van der Waals surface area contributed by atoms with Crippen molar-refractivity contribution in [3.8, 4) is 17.0 Å². The SMILES string of the molecule is CCOc1ccc(NS(=O)(=O)c2cc(-c3nn(C)c(=O)c4c3CCCC4)ccc2C)cc1. The molecule has 3 aromatic rings. The van der Waals surface area contributed by atoms with E-state index >= 15 is 0 Å². The highest BCUT2D eigenvalue weighted by atomic mass is 32.2. The summed E-state index contributed by atoms with van der Waals surface area (Å²) in [6.07, 6.45) is 3.47. The largest absolute Gasteiger partial charge is 0.494 e. The lowest BCUT2D eigenvalue weighted by atomic mass is 9.89. The first kappa shape index (κ1) is 22.1. The van der Waals surface area contributed by atoms with Crippen molar-refractivity contribution in [2.24, 2.45) is 7.05 Å². The predicted molar refractivity (Wildman–Crippen MR) is 125 cm³/mol. The lowest BCUT2D eigenvalue weighted by molar-refractivity contribution is 0.340. The lowest BCUT2D eigenvalue weighted by Crippen LogP contribution is -2.28. The van der Waals surface area contributed by atoms with Gasteiger partial charge in [0, 0.05) is 23.9 Å². The molecule has 2 aromatic carbocycles. The number of nitrogens with one attached hydrogen (secondary N) is 1. The van der Waals surface area contributed by atoms with E-state index in [-0.39, 0.29) is 10.5 Å². The molecule has 168 valence electrons. The molecule has 0 bridgehead atoms.